The minimum Gasteiger partial charge on any atom is -0.284 e. The van der Waals surface area contributed by atoms with Gasteiger partial charge in [-0.15, -0.1) is 0 Å². The van der Waals surface area contributed by atoms with Gasteiger partial charge in [-0.1, -0.05) is 0 Å². The van der Waals surface area contributed by atoms with Gasteiger partial charge in [0.2, 0.25) is 0 Å². The van der Waals surface area contributed by atoms with E-state index >= 15 is 0 Å². The second-order valence-electron chi connectivity index (χ2n) is 3.01. The highest BCUT2D eigenvalue weighted by atomic mass is 35.7. The maximum Gasteiger partial charge on any atom is 0.425 e. The second-order valence-corrected chi connectivity index (χ2v) is 5.53. The van der Waals surface area contributed by atoms with Gasteiger partial charge in [-0.3, -0.25) is 9.05 Å². The summed E-state index contributed by atoms with van der Waals surface area (Å²) in [7, 11) is 0. The van der Waals surface area contributed by atoms with E-state index in [1.165, 1.54) is 0 Å². The first-order valence-electron chi connectivity index (χ1n) is 4.05. The molecule has 0 fully saturated rings. The fourth-order valence-corrected chi connectivity index (χ4v) is 2.28. The normalized spacial score (nSPS) is 20.8. The van der Waals surface area contributed by atoms with Crippen molar-refractivity contribution in [3.05, 3.63) is 0 Å². The van der Waals surface area contributed by atoms with Crippen molar-refractivity contribution >= 4 is 18.2 Å². The van der Waals surface area contributed by atoms with Crippen LogP contribution in [0.15, 0.2) is 0 Å². The van der Waals surface area contributed by atoms with Gasteiger partial charge in [-0.25, -0.2) is 4.57 Å². The molecule has 0 rings (SSSR count). The monoisotopic (exact) mass is 308 g/mol. The molecule has 11 heteroatoms. The SMILES string of the molecule is CC(OP(=O)(Cl)OC(C)C(F)(F)F)C(F)(F)F. The molecule has 0 heterocycles. The van der Waals surface area contributed by atoms with Crippen molar-refractivity contribution in [3.63, 3.8) is 0 Å². The van der Waals surface area contributed by atoms with Crippen LogP contribution in [0.2, 0.25) is 0 Å². The molecular weight excluding hydrogens is 300 g/mol. The van der Waals surface area contributed by atoms with Crippen LogP contribution in [0, 0.1) is 0 Å². The summed E-state index contributed by atoms with van der Waals surface area (Å²) in [5.41, 5.74) is 0. The average Bonchev–Trinajstić information content (AvgIpc) is 1.97. The lowest BCUT2D eigenvalue weighted by Gasteiger charge is -2.23. The third-order valence-electron chi connectivity index (χ3n) is 1.49. The number of hydrogen-bond acceptors (Lipinski definition) is 3. The van der Waals surface area contributed by atoms with Gasteiger partial charge in [0.05, 0.1) is 0 Å². The molecule has 0 spiro atoms. The van der Waals surface area contributed by atoms with Crippen LogP contribution in [-0.2, 0) is 13.6 Å². The molecule has 0 aromatic carbocycles. The molecule has 2 atom stereocenters. The molecule has 0 amide bonds. The van der Waals surface area contributed by atoms with E-state index in [0.29, 0.717) is 13.8 Å². The summed E-state index contributed by atoms with van der Waals surface area (Å²) in [4.78, 5) is 0. The Bertz CT molecular complexity index is 277. The topological polar surface area (TPSA) is 35.5 Å². The fraction of sp³-hybridized carbons (Fsp3) is 1.00. The maximum absolute atomic E-state index is 12.0. The fourth-order valence-electron chi connectivity index (χ4n) is 0.522. The Labute approximate surface area is 97.3 Å². The molecule has 0 radical (unpaired) electrons. The smallest absolute Gasteiger partial charge is 0.284 e. The van der Waals surface area contributed by atoms with Crippen molar-refractivity contribution < 1.29 is 40.0 Å². The molecule has 0 saturated carbocycles. The molecule has 0 aliphatic carbocycles. The minimum absolute atomic E-state index is 0.441. The number of hydrogen-bond donors (Lipinski definition) is 0. The van der Waals surface area contributed by atoms with Crippen LogP contribution in [0.5, 0.6) is 0 Å². The highest BCUT2D eigenvalue weighted by Crippen LogP contribution is 2.57. The van der Waals surface area contributed by atoms with Gasteiger partial charge in [-0.2, -0.15) is 26.3 Å². The number of alkyl halides is 6. The highest BCUT2D eigenvalue weighted by Gasteiger charge is 2.46. The van der Waals surface area contributed by atoms with Crippen LogP contribution in [0.25, 0.3) is 0 Å². The summed E-state index contributed by atoms with van der Waals surface area (Å²) in [5.74, 6) is 0. The van der Waals surface area contributed by atoms with Crippen LogP contribution in [0.3, 0.4) is 0 Å². The standard InChI is InChI=1S/C6H8ClF6O3P/c1-3(5(8,9)10)15-17(7,14)16-4(2)6(11,12)13/h3-4H,1-2H3. The zero-order chi connectivity index (χ0) is 14.1. The number of halogens is 7. The summed E-state index contributed by atoms with van der Waals surface area (Å²) in [6.45, 7) is -4.08. The molecule has 104 valence electrons. The lowest BCUT2D eigenvalue weighted by Crippen LogP contribution is -2.30. The molecule has 0 aromatic heterocycles. The number of rotatable bonds is 4. The van der Waals surface area contributed by atoms with Crippen molar-refractivity contribution in [3.8, 4) is 0 Å². The first-order chi connectivity index (χ1) is 7.26. The van der Waals surface area contributed by atoms with Crippen LogP contribution in [0.4, 0.5) is 26.3 Å². The Morgan fingerprint density at radius 1 is 0.941 bits per heavy atom. The Hall–Kier alpha value is 0.0200. The molecule has 0 bridgehead atoms. The Morgan fingerprint density at radius 3 is 1.35 bits per heavy atom. The van der Waals surface area contributed by atoms with E-state index in [1.807, 2.05) is 0 Å². The zero-order valence-electron chi connectivity index (χ0n) is 8.47. The van der Waals surface area contributed by atoms with Gasteiger partial charge in [-0.05, 0) is 13.8 Å². The van der Waals surface area contributed by atoms with Gasteiger partial charge >= 0.3 is 19.3 Å². The predicted molar refractivity (Wildman–Crippen MR) is 46.7 cm³/mol. The molecule has 0 aliphatic rings. The van der Waals surface area contributed by atoms with Crippen molar-refractivity contribution in [2.75, 3.05) is 0 Å². The Balaban J connectivity index is 4.56. The molecule has 3 nitrogen and oxygen atoms in total. The lowest BCUT2D eigenvalue weighted by molar-refractivity contribution is -0.203. The van der Waals surface area contributed by atoms with Gasteiger partial charge in [0.15, 0.2) is 12.2 Å². The first kappa shape index (κ1) is 17.0. The molecule has 17 heavy (non-hydrogen) atoms. The summed E-state index contributed by atoms with van der Waals surface area (Å²) < 4.78 is 90.3. The second kappa shape index (κ2) is 5.34. The quantitative estimate of drug-likeness (QED) is 0.575. The maximum atomic E-state index is 12.0. The first-order valence-corrected chi connectivity index (χ1v) is 6.50. The minimum atomic E-state index is -4.97. The van der Waals surface area contributed by atoms with Crippen LogP contribution in [0.1, 0.15) is 13.8 Å². The molecule has 0 N–H and O–H groups in total. The summed E-state index contributed by atoms with van der Waals surface area (Å²) in [5, 5.41) is 0. The summed E-state index contributed by atoms with van der Waals surface area (Å²) in [6, 6.07) is 0. The third-order valence-corrected chi connectivity index (χ3v) is 3.10. The Kier molecular flexibility index (Phi) is 5.34. The van der Waals surface area contributed by atoms with Crippen LogP contribution in [-0.4, -0.2) is 24.6 Å². The molecule has 2 unspecified atom stereocenters. The average molecular weight is 309 g/mol. The lowest BCUT2D eigenvalue weighted by atomic mass is 10.4. The van der Waals surface area contributed by atoms with Crippen LogP contribution >= 0.6 is 18.2 Å². The van der Waals surface area contributed by atoms with E-state index in [2.05, 4.69) is 9.05 Å². The Morgan fingerprint density at radius 2 is 1.18 bits per heavy atom. The van der Waals surface area contributed by atoms with Crippen molar-refractivity contribution in [1.29, 1.82) is 0 Å². The molecule has 0 aromatic rings. The third kappa shape index (κ3) is 6.49. The van der Waals surface area contributed by atoms with Gasteiger partial charge in [0.25, 0.3) is 0 Å². The summed E-state index contributed by atoms with van der Waals surface area (Å²) >= 11 is 4.85. The van der Waals surface area contributed by atoms with E-state index in [0.717, 1.165) is 0 Å². The van der Waals surface area contributed by atoms with Crippen molar-refractivity contribution in [2.24, 2.45) is 0 Å². The highest BCUT2D eigenvalue weighted by molar-refractivity contribution is 7.81. The van der Waals surface area contributed by atoms with Gasteiger partial charge < -0.3 is 0 Å². The molecular formula is C6H8ClF6O3P. The van der Waals surface area contributed by atoms with Crippen LogP contribution < -0.4 is 0 Å². The van der Waals surface area contributed by atoms with Crippen molar-refractivity contribution in [2.45, 2.75) is 38.4 Å². The molecule has 0 saturated heterocycles. The summed E-state index contributed by atoms with van der Waals surface area (Å²) in [6.07, 6.45) is -15.0. The van der Waals surface area contributed by atoms with E-state index < -0.39 is 31.5 Å². The van der Waals surface area contributed by atoms with E-state index in [1.54, 1.807) is 0 Å². The van der Waals surface area contributed by atoms with Gasteiger partial charge in [0.1, 0.15) is 0 Å². The predicted octanol–water partition coefficient (Wildman–Crippen LogP) is 4.27. The molecule has 0 aliphatic heterocycles. The largest absolute Gasteiger partial charge is 0.425 e. The van der Waals surface area contributed by atoms with E-state index in [4.69, 9.17) is 11.2 Å². The van der Waals surface area contributed by atoms with E-state index in [-0.39, 0.29) is 0 Å². The van der Waals surface area contributed by atoms with Crippen molar-refractivity contribution in [1.82, 2.24) is 0 Å². The zero-order valence-corrected chi connectivity index (χ0v) is 10.1. The van der Waals surface area contributed by atoms with Gasteiger partial charge in [0, 0.05) is 11.2 Å². The van der Waals surface area contributed by atoms with E-state index in [9.17, 15) is 30.9 Å².